The quantitative estimate of drug-likeness (QED) is 0.790. The molecule has 0 bridgehead atoms. The summed E-state index contributed by atoms with van der Waals surface area (Å²) < 4.78 is 28.6. The number of rotatable bonds is 7. The Kier molecular flexibility index (Phi) is 6.76. The van der Waals surface area contributed by atoms with E-state index in [1.54, 1.807) is 12.1 Å². The molecule has 0 unspecified atom stereocenters. The van der Waals surface area contributed by atoms with E-state index in [1.165, 1.54) is 17.7 Å². The van der Waals surface area contributed by atoms with Crippen LogP contribution < -0.4 is 10.1 Å². The second-order valence-corrected chi connectivity index (χ2v) is 6.86. The van der Waals surface area contributed by atoms with Crippen LogP contribution in [0.4, 0.5) is 14.5 Å². The van der Waals surface area contributed by atoms with E-state index >= 15 is 0 Å². The number of nitrogens with one attached hydrogen (secondary N) is 1. The third-order valence-corrected chi connectivity index (χ3v) is 4.80. The molecule has 0 aliphatic carbocycles. The second kappa shape index (κ2) is 9.46. The van der Waals surface area contributed by atoms with E-state index < -0.39 is 6.61 Å². The third kappa shape index (κ3) is 6.32. The molecule has 0 aromatic heterocycles. The molecule has 1 N–H and O–H groups in total. The van der Waals surface area contributed by atoms with E-state index in [4.69, 9.17) is 0 Å². The molecule has 0 spiro atoms. The lowest BCUT2D eigenvalue weighted by molar-refractivity contribution is -0.117. The number of nitrogens with zero attached hydrogens (tertiary/aromatic N) is 1. The molecule has 3 rings (SSSR count). The van der Waals surface area contributed by atoms with Crippen LogP contribution in [0.2, 0.25) is 0 Å². The Labute approximate surface area is 158 Å². The number of piperidine rings is 1. The van der Waals surface area contributed by atoms with Gasteiger partial charge in [-0.15, -0.1) is 0 Å². The molecule has 1 aliphatic heterocycles. The van der Waals surface area contributed by atoms with Crippen LogP contribution in [0.25, 0.3) is 0 Å². The fourth-order valence-electron chi connectivity index (χ4n) is 3.42. The van der Waals surface area contributed by atoms with Crippen LogP contribution in [0, 0.1) is 5.92 Å². The lowest BCUT2D eigenvalue weighted by atomic mass is 9.90. The van der Waals surface area contributed by atoms with Crippen molar-refractivity contribution in [3.05, 3.63) is 60.2 Å². The van der Waals surface area contributed by atoms with Crippen LogP contribution in [-0.2, 0) is 11.2 Å². The number of anilines is 1. The van der Waals surface area contributed by atoms with Gasteiger partial charge >= 0.3 is 6.61 Å². The summed E-state index contributed by atoms with van der Waals surface area (Å²) >= 11 is 0. The summed E-state index contributed by atoms with van der Waals surface area (Å²) in [5.74, 6) is 0.636. The van der Waals surface area contributed by atoms with Gasteiger partial charge in [0.1, 0.15) is 5.75 Å². The van der Waals surface area contributed by atoms with Crippen molar-refractivity contribution in [3.8, 4) is 5.75 Å². The number of hydrogen-bond acceptors (Lipinski definition) is 3. The molecule has 6 heteroatoms. The topological polar surface area (TPSA) is 41.6 Å². The molecule has 4 nitrogen and oxygen atoms in total. The highest BCUT2D eigenvalue weighted by molar-refractivity contribution is 5.92. The Morgan fingerprint density at radius 1 is 1.07 bits per heavy atom. The Hall–Kier alpha value is -2.47. The maximum absolute atomic E-state index is 12.2. The zero-order valence-electron chi connectivity index (χ0n) is 15.1. The van der Waals surface area contributed by atoms with E-state index in [0.29, 0.717) is 18.2 Å². The van der Waals surface area contributed by atoms with Gasteiger partial charge in [-0.25, -0.2) is 0 Å². The van der Waals surface area contributed by atoms with Gasteiger partial charge in [0.15, 0.2) is 0 Å². The lowest BCUT2D eigenvalue weighted by Gasteiger charge is -2.31. The van der Waals surface area contributed by atoms with Crippen LogP contribution in [0.15, 0.2) is 54.6 Å². The minimum absolute atomic E-state index is 0.0727. The standard InChI is InChI=1S/C21H24F2N2O2/c22-21(23)27-19-8-6-18(7-9-19)24-20(26)15-25-12-10-17(11-13-25)14-16-4-2-1-3-5-16/h1-9,17,21H,10-15H2,(H,24,26). The monoisotopic (exact) mass is 374 g/mol. The summed E-state index contributed by atoms with van der Waals surface area (Å²) in [6, 6.07) is 16.4. The highest BCUT2D eigenvalue weighted by atomic mass is 19.3. The number of halogens is 2. The number of carbonyl (C=O) groups is 1. The fraction of sp³-hybridized carbons (Fsp3) is 0.381. The Bertz CT molecular complexity index is 715. The minimum Gasteiger partial charge on any atom is -0.435 e. The van der Waals surface area contributed by atoms with Gasteiger partial charge in [0.2, 0.25) is 5.91 Å². The lowest BCUT2D eigenvalue weighted by Crippen LogP contribution is -2.39. The molecular weight excluding hydrogens is 350 g/mol. The largest absolute Gasteiger partial charge is 0.435 e. The normalized spacial score (nSPS) is 15.7. The molecular formula is C21H24F2N2O2. The number of benzene rings is 2. The van der Waals surface area contributed by atoms with Crippen molar-refractivity contribution in [1.82, 2.24) is 4.90 Å². The first-order valence-electron chi connectivity index (χ1n) is 9.19. The van der Waals surface area contributed by atoms with Crippen LogP contribution in [0.1, 0.15) is 18.4 Å². The van der Waals surface area contributed by atoms with Crippen molar-refractivity contribution in [2.24, 2.45) is 5.92 Å². The van der Waals surface area contributed by atoms with E-state index in [2.05, 4.69) is 39.2 Å². The Balaban J connectivity index is 1.40. The number of alkyl halides is 2. The summed E-state index contributed by atoms with van der Waals surface area (Å²) in [5.41, 5.74) is 1.94. The number of carbonyl (C=O) groups excluding carboxylic acids is 1. The number of amides is 1. The molecule has 0 atom stereocenters. The van der Waals surface area contributed by atoms with Crippen molar-refractivity contribution >= 4 is 11.6 Å². The molecule has 1 saturated heterocycles. The number of ether oxygens (including phenoxy) is 1. The number of hydrogen-bond donors (Lipinski definition) is 1. The average Bonchev–Trinajstić information content (AvgIpc) is 2.65. The van der Waals surface area contributed by atoms with Crippen LogP contribution in [-0.4, -0.2) is 37.1 Å². The minimum atomic E-state index is -2.85. The molecule has 0 radical (unpaired) electrons. The molecule has 2 aromatic rings. The van der Waals surface area contributed by atoms with Gasteiger partial charge in [0, 0.05) is 5.69 Å². The fourth-order valence-corrected chi connectivity index (χ4v) is 3.42. The maximum atomic E-state index is 12.2. The molecule has 2 aromatic carbocycles. The van der Waals surface area contributed by atoms with Crippen molar-refractivity contribution in [2.75, 3.05) is 25.0 Å². The summed E-state index contributed by atoms with van der Waals surface area (Å²) in [4.78, 5) is 14.4. The third-order valence-electron chi connectivity index (χ3n) is 4.80. The molecule has 1 aliphatic rings. The zero-order valence-corrected chi connectivity index (χ0v) is 15.1. The second-order valence-electron chi connectivity index (χ2n) is 6.86. The van der Waals surface area contributed by atoms with Gasteiger partial charge in [-0.2, -0.15) is 8.78 Å². The molecule has 27 heavy (non-hydrogen) atoms. The first-order valence-corrected chi connectivity index (χ1v) is 9.19. The molecule has 1 heterocycles. The SMILES string of the molecule is O=C(CN1CCC(Cc2ccccc2)CC1)Nc1ccc(OC(F)F)cc1. The van der Waals surface area contributed by atoms with Crippen molar-refractivity contribution in [3.63, 3.8) is 0 Å². The van der Waals surface area contributed by atoms with Gasteiger partial charge in [-0.05, 0) is 68.1 Å². The first-order chi connectivity index (χ1) is 13.1. The van der Waals surface area contributed by atoms with Crippen LogP contribution in [0.5, 0.6) is 5.75 Å². The zero-order chi connectivity index (χ0) is 19.1. The summed E-state index contributed by atoms with van der Waals surface area (Å²) in [5, 5.41) is 2.80. The Morgan fingerprint density at radius 2 is 1.74 bits per heavy atom. The maximum Gasteiger partial charge on any atom is 0.387 e. The van der Waals surface area contributed by atoms with E-state index in [0.717, 1.165) is 32.4 Å². The van der Waals surface area contributed by atoms with Crippen LogP contribution in [0.3, 0.4) is 0 Å². The molecule has 1 fully saturated rings. The van der Waals surface area contributed by atoms with E-state index in [9.17, 15) is 13.6 Å². The van der Waals surface area contributed by atoms with Gasteiger partial charge in [0.25, 0.3) is 0 Å². The number of likely N-dealkylation sites (tertiary alicyclic amines) is 1. The molecule has 144 valence electrons. The first kappa shape index (κ1) is 19.3. The van der Waals surface area contributed by atoms with E-state index in [-0.39, 0.29) is 11.7 Å². The summed E-state index contributed by atoms with van der Waals surface area (Å²) in [6.45, 7) is -0.693. The highest BCUT2D eigenvalue weighted by Gasteiger charge is 2.21. The summed E-state index contributed by atoms with van der Waals surface area (Å²) in [6.07, 6.45) is 3.26. The average molecular weight is 374 g/mol. The highest BCUT2D eigenvalue weighted by Crippen LogP contribution is 2.22. The predicted octanol–water partition coefficient (Wildman–Crippen LogP) is 4.18. The van der Waals surface area contributed by atoms with Crippen molar-refractivity contribution in [1.29, 1.82) is 0 Å². The smallest absolute Gasteiger partial charge is 0.387 e. The van der Waals surface area contributed by atoms with Gasteiger partial charge in [0.05, 0.1) is 6.54 Å². The molecule has 1 amide bonds. The van der Waals surface area contributed by atoms with Crippen molar-refractivity contribution < 1.29 is 18.3 Å². The van der Waals surface area contributed by atoms with Crippen molar-refractivity contribution in [2.45, 2.75) is 25.9 Å². The van der Waals surface area contributed by atoms with Gasteiger partial charge in [-0.3, -0.25) is 9.69 Å². The summed E-state index contributed by atoms with van der Waals surface area (Å²) in [7, 11) is 0. The Morgan fingerprint density at radius 3 is 2.37 bits per heavy atom. The van der Waals surface area contributed by atoms with Gasteiger partial charge < -0.3 is 10.1 Å². The van der Waals surface area contributed by atoms with Gasteiger partial charge in [-0.1, -0.05) is 30.3 Å². The van der Waals surface area contributed by atoms with E-state index in [1.807, 2.05) is 6.07 Å². The van der Waals surface area contributed by atoms with Crippen LogP contribution >= 0.6 is 0 Å². The predicted molar refractivity (Wildman–Crippen MR) is 101 cm³/mol. The molecule has 0 saturated carbocycles.